The summed E-state index contributed by atoms with van der Waals surface area (Å²) in [7, 11) is 1.95. The molecule has 1 saturated carbocycles. The number of rotatable bonds is 6. The van der Waals surface area contributed by atoms with Gasteiger partial charge in [0.1, 0.15) is 11.9 Å². The first kappa shape index (κ1) is 16.8. The first-order chi connectivity index (χ1) is 11.7. The van der Waals surface area contributed by atoms with E-state index in [0.717, 1.165) is 55.8 Å². The third kappa shape index (κ3) is 4.09. The van der Waals surface area contributed by atoms with Crippen molar-refractivity contribution in [2.24, 2.45) is 7.05 Å². The summed E-state index contributed by atoms with van der Waals surface area (Å²) < 4.78 is 7.80. The third-order valence-corrected chi connectivity index (χ3v) is 4.62. The second-order valence-electron chi connectivity index (χ2n) is 6.51. The molecule has 0 aliphatic heterocycles. The quantitative estimate of drug-likeness (QED) is 0.854. The van der Waals surface area contributed by atoms with E-state index in [-0.39, 0.29) is 12.2 Å². The number of nitrogens with one attached hydrogen (secondary N) is 1. The Morgan fingerprint density at radius 2 is 2.00 bits per heavy atom. The molecular formula is C19H27N3O2. The molecule has 0 radical (unpaired) electrons. The first-order valence-corrected chi connectivity index (χ1v) is 8.85. The fourth-order valence-electron chi connectivity index (χ4n) is 3.27. The first-order valence-electron chi connectivity index (χ1n) is 8.85. The molecule has 1 fully saturated rings. The molecule has 2 unspecified atom stereocenters. The molecule has 0 spiro atoms. The lowest BCUT2D eigenvalue weighted by Gasteiger charge is -2.28. The lowest BCUT2D eigenvalue weighted by molar-refractivity contribution is 0.00688. The van der Waals surface area contributed by atoms with Crippen molar-refractivity contribution in [3.05, 3.63) is 41.7 Å². The number of aliphatic hydroxyl groups is 1. The van der Waals surface area contributed by atoms with Crippen LogP contribution in [0.2, 0.25) is 0 Å². The van der Waals surface area contributed by atoms with Crippen molar-refractivity contribution in [1.82, 2.24) is 9.78 Å². The van der Waals surface area contributed by atoms with E-state index in [1.54, 1.807) is 0 Å². The van der Waals surface area contributed by atoms with Crippen molar-refractivity contribution < 1.29 is 9.84 Å². The van der Waals surface area contributed by atoms with Crippen molar-refractivity contribution in [3.8, 4) is 5.75 Å². The predicted molar refractivity (Wildman–Crippen MR) is 95.2 cm³/mol. The van der Waals surface area contributed by atoms with Gasteiger partial charge in [-0.25, -0.2) is 0 Å². The zero-order valence-corrected chi connectivity index (χ0v) is 14.5. The van der Waals surface area contributed by atoms with Gasteiger partial charge in [0.05, 0.1) is 11.8 Å². The molecule has 3 rings (SSSR count). The Morgan fingerprint density at radius 1 is 1.25 bits per heavy atom. The van der Waals surface area contributed by atoms with E-state index in [4.69, 9.17) is 4.74 Å². The van der Waals surface area contributed by atoms with E-state index in [9.17, 15) is 5.11 Å². The number of ether oxygens (including phenoxy) is 1. The normalized spacial score (nSPS) is 20.8. The zero-order valence-electron chi connectivity index (χ0n) is 14.5. The lowest BCUT2D eigenvalue weighted by Crippen LogP contribution is -2.34. The van der Waals surface area contributed by atoms with Gasteiger partial charge in [0.25, 0.3) is 0 Å². The number of nitrogens with zero attached hydrogens (tertiary/aromatic N) is 2. The Labute approximate surface area is 143 Å². The predicted octanol–water partition coefficient (Wildman–Crippen LogP) is 3.28. The second kappa shape index (κ2) is 7.71. The van der Waals surface area contributed by atoms with Crippen LogP contribution in [0.1, 0.15) is 43.9 Å². The van der Waals surface area contributed by atoms with E-state index in [0.29, 0.717) is 0 Å². The Bertz CT molecular complexity index is 651. The third-order valence-electron chi connectivity index (χ3n) is 4.62. The van der Waals surface area contributed by atoms with Crippen molar-refractivity contribution >= 4 is 5.69 Å². The average molecular weight is 329 g/mol. The van der Waals surface area contributed by atoms with Crippen LogP contribution in [0.4, 0.5) is 5.69 Å². The smallest absolute Gasteiger partial charge is 0.124 e. The number of benzene rings is 1. The molecule has 1 aromatic carbocycles. The molecule has 0 amide bonds. The molecule has 1 aliphatic rings. The van der Waals surface area contributed by atoms with Crippen LogP contribution >= 0.6 is 0 Å². The van der Waals surface area contributed by atoms with Gasteiger partial charge in [0, 0.05) is 31.0 Å². The Morgan fingerprint density at radius 3 is 2.71 bits per heavy atom. The van der Waals surface area contributed by atoms with E-state index in [1.165, 1.54) is 5.56 Å². The largest absolute Gasteiger partial charge is 0.488 e. The van der Waals surface area contributed by atoms with Gasteiger partial charge in [-0.3, -0.25) is 4.68 Å². The van der Waals surface area contributed by atoms with Crippen LogP contribution in [0.5, 0.6) is 5.75 Å². The van der Waals surface area contributed by atoms with Crippen LogP contribution in [-0.2, 0) is 20.0 Å². The van der Waals surface area contributed by atoms with Gasteiger partial charge in [0.15, 0.2) is 0 Å². The standard InChI is InChI=1S/C19H27N3O2/c1-3-17-14(13-22(2)21-17)12-20-15-8-10-16(11-9-15)24-19-7-5-4-6-18(19)23/h8-11,13,18-20,23H,3-7,12H2,1-2H3. The summed E-state index contributed by atoms with van der Waals surface area (Å²) in [5, 5.41) is 17.9. The molecule has 2 N–H and O–H groups in total. The fourth-order valence-corrected chi connectivity index (χ4v) is 3.27. The Hall–Kier alpha value is -2.01. The lowest BCUT2D eigenvalue weighted by atomic mass is 9.95. The summed E-state index contributed by atoms with van der Waals surface area (Å²) in [5.74, 6) is 0.821. The summed E-state index contributed by atoms with van der Waals surface area (Å²) in [6, 6.07) is 7.97. The number of hydrogen-bond donors (Lipinski definition) is 2. The van der Waals surface area contributed by atoms with Crippen molar-refractivity contribution in [3.63, 3.8) is 0 Å². The highest BCUT2D eigenvalue weighted by Crippen LogP contribution is 2.25. The minimum absolute atomic E-state index is 0.0694. The minimum atomic E-state index is -0.338. The van der Waals surface area contributed by atoms with Crippen LogP contribution in [0.15, 0.2) is 30.5 Å². The summed E-state index contributed by atoms with van der Waals surface area (Å²) in [4.78, 5) is 0. The van der Waals surface area contributed by atoms with Crippen molar-refractivity contribution in [2.45, 2.75) is 57.8 Å². The summed E-state index contributed by atoms with van der Waals surface area (Å²) in [6.45, 7) is 2.89. The molecule has 1 aromatic heterocycles. The maximum atomic E-state index is 10.0. The number of aryl methyl sites for hydroxylation is 2. The SMILES string of the molecule is CCc1nn(C)cc1CNc1ccc(OC2CCCCC2O)cc1. The van der Waals surface area contributed by atoms with Crippen LogP contribution in [0, 0.1) is 0 Å². The highest BCUT2D eigenvalue weighted by molar-refractivity contribution is 5.47. The monoisotopic (exact) mass is 329 g/mol. The molecule has 0 bridgehead atoms. The van der Waals surface area contributed by atoms with Gasteiger partial charge < -0.3 is 15.2 Å². The van der Waals surface area contributed by atoms with Gasteiger partial charge in [-0.05, 0) is 49.9 Å². The number of aliphatic hydroxyl groups excluding tert-OH is 1. The molecule has 1 heterocycles. The summed E-state index contributed by atoms with van der Waals surface area (Å²) in [6.07, 6.45) is 6.60. The molecule has 24 heavy (non-hydrogen) atoms. The Kier molecular flexibility index (Phi) is 5.41. The molecule has 1 aliphatic carbocycles. The minimum Gasteiger partial charge on any atom is -0.488 e. The van der Waals surface area contributed by atoms with Gasteiger partial charge in [-0.15, -0.1) is 0 Å². The van der Waals surface area contributed by atoms with Crippen molar-refractivity contribution in [1.29, 1.82) is 0 Å². The molecule has 5 nitrogen and oxygen atoms in total. The van der Waals surface area contributed by atoms with Gasteiger partial charge in [-0.2, -0.15) is 5.10 Å². The van der Waals surface area contributed by atoms with Crippen LogP contribution < -0.4 is 10.1 Å². The van der Waals surface area contributed by atoms with Gasteiger partial charge in [-0.1, -0.05) is 13.3 Å². The molecule has 2 atom stereocenters. The molecule has 5 heteroatoms. The van der Waals surface area contributed by atoms with E-state index in [2.05, 4.69) is 23.5 Å². The maximum absolute atomic E-state index is 10.0. The van der Waals surface area contributed by atoms with Gasteiger partial charge >= 0.3 is 0 Å². The van der Waals surface area contributed by atoms with E-state index < -0.39 is 0 Å². The topological polar surface area (TPSA) is 59.3 Å². The molecule has 130 valence electrons. The molecular weight excluding hydrogens is 302 g/mol. The Balaban J connectivity index is 1.56. The maximum Gasteiger partial charge on any atom is 0.124 e. The summed E-state index contributed by atoms with van der Waals surface area (Å²) in [5.41, 5.74) is 3.42. The molecule has 0 saturated heterocycles. The van der Waals surface area contributed by atoms with E-state index in [1.807, 2.05) is 36.0 Å². The van der Waals surface area contributed by atoms with Crippen LogP contribution in [-0.4, -0.2) is 27.1 Å². The highest BCUT2D eigenvalue weighted by atomic mass is 16.5. The number of hydrogen-bond acceptors (Lipinski definition) is 4. The average Bonchev–Trinajstić information content (AvgIpc) is 2.96. The molecule has 2 aromatic rings. The van der Waals surface area contributed by atoms with Gasteiger partial charge in [0.2, 0.25) is 0 Å². The summed E-state index contributed by atoms with van der Waals surface area (Å²) >= 11 is 0. The second-order valence-corrected chi connectivity index (χ2v) is 6.51. The highest BCUT2D eigenvalue weighted by Gasteiger charge is 2.24. The fraction of sp³-hybridized carbons (Fsp3) is 0.526. The van der Waals surface area contributed by atoms with Crippen LogP contribution in [0.3, 0.4) is 0 Å². The van der Waals surface area contributed by atoms with E-state index >= 15 is 0 Å². The number of anilines is 1. The zero-order chi connectivity index (χ0) is 16.9. The van der Waals surface area contributed by atoms with Crippen LogP contribution in [0.25, 0.3) is 0 Å². The number of aromatic nitrogens is 2. The van der Waals surface area contributed by atoms with Crippen molar-refractivity contribution in [2.75, 3.05) is 5.32 Å².